The summed E-state index contributed by atoms with van der Waals surface area (Å²) in [5.41, 5.74) is 2.41. The second-order valence-electron chi connectivity index (χ2n) is 5.00. The molecule has 0 bridgehead atoms. The van der Waals surface area contributed by atoms with Crippen molar-refractivity contribution in [2.45, 2.75) is 13.1 Å². The topological polar surface area (TPSA) is 15.3 Å². The van der Waals surface area contributed by atoms with Crippen LogP contribution in [-0.4, -0.2) is 19.0 Å². The van der Waals surface area contributed by atoms with Crippen molar-refractivity contribution in [3.05, 3.63) is 65.2 Å². The molecule has 2 aromatic carbocycles. The fourth-order valence-corrected chi connectivity index (χ4v) is 1.98. The molecule has 0 aliphatic carbocycles. The van der Waals surface area contributed by atoms with Gasteiger partial charge in [-0.1, -0.05) is 24.3 Å². The van der Waals surface area contributed by atoms with Crippen molar-refractivity contribution in [3.8, 4) is 0 Å². The highest BCUT2D eigenvalue weighted by molar-refractivity contribution is 5.45. The molecule has 4 heteroatoms. The fraction of sp³-hybridized carbons (Fsp3) is 0.250. The van der Waals surface area contributed by atoms with E-state index >= 15 is 0 Å². The molecule has 20 heavy (non-hydrogen) atoms. The van der Waals surface area contributed by atoms with E-state index in [4.69, 9.17) is 0 Å². The minimum absolute atomic E-state index is 0.261. The van der Waals surface area contributed by atoms with Crippen molar-refractivity contribution in [1.29, 1.82) is 0 Å². The van der Waals surface area contributed by atoms with Gasteiger partial charge in [0.2, 0.25) is 0 Å². The van der Waals surface area contributed by atoms with Crippen LogP contribution in [0, 0.1) is 11.6 Å². The number of hydrogen-bond acceptors (Lipinski definition) is 2. The SMILES string of the molecule is CN(C)Cc1ccc(NCc2cccc(F)c2F)cc1. The van der Waals surface area contributed by atoms with Crippen LogP contribution >= 0.6 is 0 Å². The lowest BCUT2D eigenvalue weighted by Gasteiger charge is -2.11. The Morgan fingerprint density at radius 3 is 2.35 bits per heavy atom. The highest BCUT2D eigenvalue weighted by Gasteiger charge is 2.06. The minimum Gasteiger partial charge on any atom is -0.381 e. The summed E-state index contributed by atoms with van der Waals surface area (Å²) in [6.45, 7) is 1.13. The summed E-state index contributed by atoms with van der Waals surface area (Å²) >= 11 is 0. The van der Waals surface area contributed by atoms with Gasteiger partial charge in [-0.15, -0.1) is 0 Å². The van der Waals surface area contributed by atoms with E-state index in [0.29, 0.717) is 5.56 Å². The molecule has 0 radical (unpaired) electrons. The average Bonchev–Trinajstić information content (AvgIpc) is 2.41. The molecule has 1 N–H and O–H groups in total. The van der Waals surface area contributed by atoms with E-state index in [1.165, 1.54) is 11.6 Å². The highest BCUT2D eigenvalue weighted by atomic mass is 19.2. The van der Waals surface area contributed by atoms with Crippen LogP contribution in [0.5, 0.6) is 0 Å². The monoisotopic (exact) mass is 276 g/mol. The first-order valence-corrected chi connectivity index (χ1v) is 6.46. The van der Waals surface area contributed by atoms with Crippen LogP contribution in [-0.2, 0) is 13.1 Å². The van der Waals surface area contributed by atoms with E-state index in [0.717, 1.165) is 18.3 Å². The first-order chi connectivity index (χ1) is 9.56. The Balaban J connectivity index is 1.99. The molecular formula is C16H18F2N2. The van der Waals surface area contributed by atoms with Crippen LogP contribution in [0.4, 0.5) is 14.5 Å². The molecule has 106 valence electrons. The molecule has 0 saturated carbocycles. The Kier molecular flexibility index (Phi) is 4.69. The summed E-state index contributed by atoms with van der Waals surface area (Å²) in [4.78, 5) is 2.09. The van der Waals surface area contributed by atoms with E-state index in [9.17, 15) is 8.78 Å². The quantitative estimate of drug-likeness (QED) is 0.897. The van der Waals surface area contributed by atoms with Gasteiger partial charge in [-0.05, 0) is 37.9 Å². The average molecular weight is 276 g/mol. The standard InChI is InChI=1S/C16H18F2N2/c1-20(2)11-12-6-8-14(9-7-12)19-10-13-4-3-5-15(17)16(13)18/h3-9,19H,10-11H2,1-2H3. The van der Waals surface area contributed by atoms with Crippen LogP contribution in [0.25, 0.3) is 0 Å². The van der Waals surface area contributed by atoms with Crippen molar-refractivity contribution < 1.29 is 8.78 Å². The second-order valence-corrected chi connectivity index (χ2v) is 5.00. The maximum atomic E-state index is 13.5. The molecule has 0 aromatic heterocycles. The van der Waals surface area contributed by atoms with Gasteiger partial charge in [0.25, 0.3) is 0 Å². The van der Waals surface area contributed by atoms with Crippen LogP contribution in [0.2, 0.25) is 0 Å². The molecule has 0 fully saturated rings. The lowest BCUT2D eigenvalue weighted by molar-refractivity contribution is 0.402. The lowest BCUT2D eigenvalue weighted by atomic mass is 10.1. The minimum atomic E-state index is -0.814. The second kappa shape index (κ2) is 6.48. The summed E-state index contributed by atoms with van der Waals surface area (Å²) in [7, 11) is 4.03. The molecule has 0 spiro atoms. The zero-order chi connectivity index (χ0) is 14.5. The number of nitrogens with zero attached hydrogens (tertiary/aromatic N) is 1. The summed E-state index contributed by atoms with van der Waals surface area (Å²) in [5, 5.41) is 3.09. The van der Waals surface area contributed by atoms with Crippen molar-refractivity contribution in [3.63, 3.8) is 0 Å². The van der Waals surface area contributed by atoms with Gasteiger partial charge in [0, 0.05) is 24.3 Å². The molecule has 0 amide bonds. The van der Waals surface area contributed by atoms with Crippen molar-refractivity contribution in [1.82, 2.24) is 4.90 Å². The van der Waals surface area contributed by atoms with Crippen LogP contribution in [0.15, 0.2) is 42.5 Å². The van der Waals surface area contributed by atoms with Crippen molar-refractivity contribution in [2.75, 3.05) is 19.4 Å². The van der Waals surface area contributed by atoms with Gasteiger partial charge in [-0.25, -0.2) is 8.78 Å². The predicted octanol–water partition coefficient (Wildman–Crippen LogP) is 3.64. The van der Waals surface area contributed by atoms with E-state index < -0.39 is 11.6 Å². The molecule has 0 aliphatic heterocycles. The Morgan fingerprint density at radius 2 is 1.70 bits per heavy atom. The molecule has 2 aromatic rings. The Morgan fingerprint density at radius 1 is 1.00 bits per heavy atom. The Bertz CT molecular complexity index is 565. The van der Waals surface area contributed by atoms with Gasteiger partial charge < -0.3 is 10.2 Å². The molecular weight excluding hydrogens is 258 g/mol. The van der Waals surface area contributed by atoms with Crippen molar-refractivity contribution in [2.24, 2.45) is 0 Å². The zero-order valence-electron chi connectivity index (χ0n) is 11.7. The number of hydrogen-bond donors (Lipinski definition) is 1. The predicted molar refractivity (Wildman–Crippen MR) is 77.5 cm³/mol. The molecule has 2 nitrogen and oxygen atoms in total. The number of anilines is 1. The maximum absolute atomic E-state index is 13.5. The largest absolute Gasteiger partial charge is 0.381 e. The van der Waals surface area contributed by atoms with Crippen LogP contribution < -0.4 is 5.32 Å². The summed E-state index contributed by atoms with van der Waals surface area (Å²) in [6.07, 6.45) is 0. The Hall–Kier alpha value is -1.94. The highest BCUT2D eigenvalue weighted by Crippen LogP contribution is 2.15. The third kappa shape index (κ3) is 3.78. The fourth-order valence-electron chi connectivity index (χ4n) is 1.98. The first kappa shape index (κ1) is 14.5. The zero-order valence-corrected chi connectivity index (χ0v) is 11.7. The van der Waals surface area contributed by atoms with Crippen LogP contribution in [0.1, 0.15) is 11.1 Å². The lowest BCUT2D eigenvalue weighted by Crippen LogP contribution is -2.10. The number of benzene rings is 2. The molecule has 0 heterocycles. The number of nitrogens with one attached hydrogen (secondary N) is 1. The molecule has 0 atom stereocenters. The van der Waals surface area contributed by atoms with Crippen molar-refractivity contribution >= 4 is 5.69 Å². The molecule has 0 unspecified atom stereocenters. The molecule has 0 saturated heterocycles. The first-order valence-electron chi connectivity index (χ1n) is 6.46. The van der Waals surface area contributed by atoms with Gasteiger partial charge in [0.1, 0.15) is 0 Å². The maximum Gasteiger partial charge on any atom is 0.163 e. The smallest absolute Gasteiger partial charge is 0.163 e. The van der Waals surface area contributed by atoms with Gasteiger partial charge in [-0.3, -0.25) is 0 Å². The van der Waals surface area contributed by atoms with E-state index in [1.54, 1.807) is 6.07 Å². The molecule has 0 aliphatic rings. The van der Waals surface area contributed by atoms with Gasteiger partial charge >= 0.3 is 0 Å². The Labute approximate surface area is 118 Å². The third-order valence-electron chi connectivity index (χ3n) is 2.97. The normalized spacial score (nSPS) is 10.8. The summed E-state index contributed by atoms with van der Waals surface area (Å²) in [6, 6.07) is 12.1. The third-order valence-corrected chi connectivity index (χ3v) is 2.97. The van der Waals surface area contributed by atoms with Gasteiger partial charge in [0.15, 0.2) is 11.6 Å². The molecule has 2 rings (SSSR count). The number of rotatable bonds is 5. The van der Waals surface area contributed by atoms with E-state index in [1.807, 2.05) is 38.4 Å². The van der Waals surface area contributed by atoms with E-state index in [-0.39, 0.29) is 6.54 Å². The van der Waals surface area contributed by atoms with E-state index in [2.05, 4.69) is 10.2 Å². The number of halogens is 2. The summed E-state index contributed by atoms with van der Waals surface area (Å²) < 4.78 is 26.6. The van der Waals surface area contributed by atoms with Gasteiger partial charge in [0.05, 0.1) is 0 Å². The summed E-state index contributed by atoms with van der Waals surface area (Å²) in [5.74, 6) is -1.60. The van der Waals surface area contributed by atoms with Gasteiger partial charge in [-0.2, -0.15) is 0 Å². The van der Waals surface area contributed by atoms with Crippen LogP contribution in [0.3, 0.4) is 0 Å².